The zero-order valence-corrected chi connectivity index (χ0v) is 7.41. The summed E-state index contributed by atoms with van der Waals surface area (Å²) in [5.41, 5.74) is 0. The topological polar surface area (TPSA) is 21.8 Å². The normalized spacial score (nSPS) is 32.6. The minimum absolute atomic E-state index is 0.315. The number of methoxy groups -OCH3 is 1. The molecule has 1 saturated heterocycles. The van der Waals surface area contributed by atoms with E-state index in [0.29, 0.717) is 18.3 Å². The minimum Gasteiger partial charge on any atom is -0.382 e. The Morgan fingerprint density at radius 1 is 1.64 bits per heavy atom. The lowest BCUT2D eigenvalue weighted by Crippen LogP contribution is -2.08. The molecule has 0 aromatic carbocycles. The van der Waals surface area contributed by atoms with Crippen molar-refractivity contribution in [2.45, 2.75) is 38.6 Å². The fraction of sp³-hybridized carbons (Fsp3) is 0.778. The van der Waals surface area contributed by atoms with Gasteiger partial charge in [-0.2, -0.15) is 0 Å². The lowest BCUT2D eigenvalue weighted by Gasteiger charge is -2.04. The molecule has 64 valence electrons. The molecule has 1 aliphatic rings. The number of ether oxygens (including phenoxy) is 2. The van der Waals surface area contributed by atoms with Crippen LogP contribution in [0.4, 0.5) is 0 Å². The summed E-state index contributed by atoms with van der Waals surface area (Å²) in [6.07, 6.45) is 6.20. The van der Waals surface area contributed by atoms with Gasteiger partial charge >= 0.3 is 0 Å². The molecule has 1 fully saturated rings. The van der Waals surface area contributed by atoms with Crippen molar-refractivity contribution in [2.24, 2.45) is 0 Å². The van der Waals surface area contributed by atoms with Gasteiger partial charge in [0.1, 0.15) is 6.10 Å². The maximum absolute atomic E-state index is 5.36. The van der Waals surface area contributed by atoms with Crippen LogP contribution in [0.15, 0.2) is 12.2 Å². The van der Waals surface area contributed by atoms with Crippen molar-refractivity contribution in [2.75, 3.05) is 7.11 Å². The average Bonchev–Trinajstić information content (AvgIpc) is 2.69. The van der Waals surface area contributed by atoms with E-state index in [1.807, 2.05) is 13.0 Å². The molecule has 0 bridgehead atoms. The second-order valence-electron chi connectivity index (χ2n) is 2.95. The van der Waals surface area contributed by atoms with Crippen LogP contribution in [0.3, 0.4) is 0 Å². The van der Waals surface area contributed by atoms with E-state index in [0.717, 1.165) is 6.42 Å². The third kappa shape index (κ3) is 2.64. The standard InChI is InChI=1S/C9H16O2/c1-4-5-8-9(11-8)6-7(2)10-3/h4-5,7-9H,6H2,1-3H3/b5-4+. The van der Waals surface area contributed by atoms with Crippen LogP contribution in [0.1, 0.15) is 20.3 Å². The van der Waals surface area contributed by atoms with Crippen LogP contribution >= 0.6 is 0 Å². The van der Waals surface area contributed by atoms with Gasteiger partial charge in [-0.3, -0.25) is 0 Å². The van der Waals surface area contributed by atoms with E-state index in [-0.39, 0.29) is 0 Å². The summed E-state index contributed by atoms with van der Waals surface area (Å²) >= 11 is 0. The molecule has 0 saturated carbocycles. The Morgan fingerprint density at radius 2 is 2.36 bits per heavy atom. The molecule has 2 nitrogen and oxygen atoms in total. The van der Waals surface area contributed by atoms with Crippen molar-refractivity contribution < 1.29 is 9.47 Å². The first-order valence-electron chi connectivity index (χ1n) is 4.09. The predicted molar refractivity (Wildman–Crippen MR) is 44.6 cm³/mol. The maximum atomic E-state index is 5.36. The Hall–Kier alpha value is -0.340. The molecule has 0 aliphatic carbocycles. The van der Waals surface area contributed by atoms with Crippen LogP contribution in [-0.2, 0) is 9.47 Å². The monoisotopic (exact) mass is 156 g/mol. The molecular formula is C9H16O2. The van der Waals surface area contributed by atoms with Crippen LogP contribution in [0.2, 0.25) is 0 Å². The number of rotatable bonds is 4. The van der Waals surface area contributed by atoms with Crippen molar-refractivity contribution in [1.29, 1.82) is 0 Å². The largest absolute Gasteiger partial charge is 0.382 e. The smallest absolute Gasteiger partial charge is 0.102 e. The van der Waals surface area contributed by atoms with Crippen molar-refractivity contribution in [3.8, 4) is 0 Å². The van der Waals surface area contributed by atoms with E-state index in [9.17, 15) is 0 Å². The van der Waals surface area contributed by atoms with Gasteiger partial charge in [0.15, 0.2) is 0 Å². The first-order chi connectivity index (χ1) is 5.27. The number of hydrogen-bond donors (Lipinski definition) is 0. The van der Waals surface area contributed by atoms with Crippen molar-refractivity contribution in [3.05, 3.63) is 12.2 Å². The molecule has 1 heterocycles. The van der Waals surface area contributed by atoms with Gasteiger partial charge in [0.05, 0.1) is 12.2 Å². The molecule has 0 radical (unpaired) electrons. The highest BCUT2D eigenvalue weighted by atomic mass is 16.6. The highest BCUT2D eigenvalue weighted by molar-refractivity contribution is 5.01. The summed E-state index contributed by atoms with van der Waals surface area (Å²) in [6, 6.07) is 0. The maximum Gasteiger partial charge on any atom is 0.102 e. The van der Waals surface area contributed by atoms with Gasteiger partial charge in [-0.1, -0.05) is 12.2 Å². The van der Waals surface area contributed by atoms with E-state index in [2.05, 4.69) is 13.0 Å². The Kier molecular flexibility index (Phi) is 3.09. The SMILES string of the molecule is C/C=C/C1OC1CC(C)OC. The molecule has 3 atom stereocenters. The fourth-order valence-corrected chi connectivity index (χ4v) is 1.13. The summed E-state index contributed by atoms with van der Waals surface area (Å²) in [7, 11) is 1.73. The summed E-state index contributed by atoms with van der Waals surface area (Å²) in [5.74, 6) is 0. The summed E-state index contributed by atoms with van der Waals surface area (Å²) < 4.78 is 10.5. The highest BCUT2D eigenvalue weighted by Gasteiger charge is 2.36. The van der Waals surface area contributed by atoms with Gasteiger partial charge < -0.3 is 9.47 Å². The molecule has 0 aromatic rings. The Morgan fingerprint density at radius 3 is 2.91 bits per heavy atom. The zero-order valence-electron chi connectivity index (χ0n) is 7.41. The van der Waals surface area contributed by atoms with Gasteiger partial charge in [0.2, 0.25) is 0 Å². The number of epoxide rings is 1. The molecule has 2 heteroatoms. The minimum atomic E-state index is 0.315. The third-order valence-corrected chi connectivity index (χ3v) is 1.97. The third-order valence-electron chi connectivity index (χ3n) is 1.97. The Bertz CT molecular complexity index is 142. The first-order valence-corrected chi connectivity index (χ1v) is 4.09. The molecule has 3 unspecified atom stereocenters. The predicted octanol–water partition coefficient (Wildman–Crippen LogP) is 1.75. The molecule has 1 aliphatic heterocycles. The molecular weight excluding hydrogens is 140 g/mol. The second-order valence-corrected chi connectivity index (χ2v) is 2.95. The molecule has 11 heavy (non-hydrogen) atoms. The van der Waals surface area contributed by atoms with Crippen LogP contribution in [0.25, 0.3) is 0 Å². The molecule has 1 rings (SSSR count). The average molecular weight is 156 g/mol. The van der Waals surface area contributed by atoms with Crippen LogP contribution in [-0.4, -0.2) is 25.4 Å². The number of hydrogen-bond acceptors (Lipinski definition) is 2. The molecule has 0 amide bonds. The first kappa shape index (κ1) is 8.75. The fourth-order valence-electron chi connectivity index (χ4n) is 1.13. The van der Waals surface area contributed by atoms with Crippen LogP contribution < -0.4 is 0 Å². The Labute approximate surface area is 68.2 Å². The van der Waals surface area contributed by atoms with Crippen LogP contribution in [0.5, 0.6) is 0 Å². The molecule has 0 aromatic heterocycles. The van der Waals surface area contributed by atoms with E-state index < -0.39 is 0 Å². The van der Waals surface area contributed by atoms with Gasteiger partial charge in [-0.05, 0) is 13.8 Å². The summed E-state index contributed by atoms with van der Waals surface area (Å²) in [5, 5.41) is 0. The lowest BCUT2D eigenvalue weighted by atomic mass is 10.1. The van der Waals surface area contributed by atoms with E-state index in [4.69, 9.17) is 9.47 Å². The Balaban J connectivity index is 2.13. The quantitative estimate of drug-likeness (QED) is 0.457. The molecule has 0 spiro atoms. The summed E-state index contributed by atoms with van der Waals surface area (Å²) in [4.78, 5) is 0. The lowest BCUT2D eigenvalue weighted by molar-refractivity contribution is 0.103. The van der Waals surface area contributed by atoms with Crippen molar-refractivity contribution in [3.63, 3.8) is 0 Å². The van der Waals surface area contributed by atoms with Gasteiger partial charge in [-0.15, -0.1) is 0 Å². The molecule has 0 N–H and O–H groups in total. The van der Waals surface area contributed by atoms with Crippen molar-refractivity contribution >= 4 is 0 Å². The number of allylic oxidation sites excluding steroid dienone is 1. The zero-order chi connectivity index (χ0) is 8.27. The van der Waals surface area contributed by atoms with E-state index in [1.165, 1.54) is 0 Å². The second kappa shape index (κ2) is 3.88. The van der Waals surface area contributed by atoms with E-state index >= 15 is 0 Å². The van der Waals surface area contributed by atoms with Gasteiger partial charge in [-0.25, -0.2) is 0 Å². The van der Waals surface area contributed by atoms with E-state index in [1.54, 1.807) is 7.11 Å². The van der Waals surface area contributed by atoms with Crippen LogP contribution in [0, 0.1) is 0 Å². The van der Waals surface area contributed by atoms with Gasteiger partial charge in [0.25, 0.3) is 0 Å². The van der Waals surface area contributed by atoms with Gasteiger partial charge in [0, 0.05) is 13.5 Å². The summed E-state index contributed by atoms with van der Waals surface area (Å²) in [6.45, 7) is 4.08. The highest BCUT2D eigenvalue weighted by Crippen LogP contribution is 2.28. The van der Waals surface area contributed by atoms with Crippen molar-refractivity contribution in [1.82, 2.24) is 0 Å².